The van der Waals surface area contributed by atoms with Crippen molar-refractivity contribution in [3.05, 3.63) is 29.8 Å². The summed E-state index contributed by atoms with van der Waals surface area (Å²) in [5.74, 6) is 1.96. The van der Waals surface area contributed by atoms with E-state index in [9.17, 15) is 0 Å². The lowest BCUT2D eigenvalue weighted by Crippen LogP contribution is -2.06. The highest BCUT2D eigenvalue weighted by molar-refractivity contribution is 7.99. The summed E-state index contributed by atoms with van der Waals surface area (Å²) in [6.07, 6.45) is 1.26. The average Bonchev–Trinajstić information content (AvgIpc) is 2.17. The molecule has 0 bridgehead atoms. The monoisotopic (exact) mass is 223 g/mol. The van der Waals surface area contributed by atoms with Crippen LogP contribution in [0, 0.1) is 5.92 Å². The Morgan fingerprint density at radius 2 is 1.87 bits per heavy atom. The standard InChI is InChI=1S/C13H21NS/c1-10(2)8-9-15-13-7-5-4-6-12(13)11(3)14/h4-7,10-11H,8-9,14H2,1-3H3/t11-/m0/s1. The van der Waals surface area contributed by atoms with Gasteiger partial charge >= 0.3 is 0 Å². The zero-order valence-electron chi connectivity index (χ0n) is 9.86. The van der Waals surface area contributed by atoms with Crippen molar-refractivity contribution in [1.82, 2.24) is 0 Å². The molecule has 0 aliphatic heterocycles. The smallest absolute Gasteiger partial charge is 0.0277 e. The Labute approximate surface area is 97.4 Å². The topological polar surface area (TPSA) is 26.0 Å². The molecule has 0 heterocycles. The summed E-state index contributed by atoms with van der Waals surface area (Å²) in [5.41, 5.74) is 7.20. The van der Waals surface area contributed by atoms with E-state index in [-0.39, 0.29) is 6.04 Å². The Balaban J connectivity index is 2.59. The summed E-state index contributed by atoms with van der Waals surface area (Å²) in [6, 6.07) is 8.58. The molecule has 0 saturated carbocycles. The first-order valence-electron chi connectivity index (χ1n) is 5.58. The van der Waals surface area contributed by atoms with Crippen LogP contribution in [0.25, 0.3) is 0 Å². The molecule has 1 aromatic rings. The summed E-state index contributed by atoms with van der Waals surface area (Å²) < 4.78 is 0. The maximum Gasteiger partial charge on any atom is 0.0277 e. The quantitative estimate of drug-likeness (QED) is 0.767. The molecular formula is C13H21NS. The second-order valence-electron chi connectivity index (χ2n) is 4.36. The van der Waals surface area contributed by atoms with E-state index in [1.54, 1.807) is 0 Å². The minimum atomic E-state index is 0.132. The van der Waals surface area contributed by atoms with E-state index in [0.29, 0.717) is 0 Å². The van der Waals surface area contributed by atoms with E-state index in [4.69, 9.17) is 5.73 Å². The van der Waals surface area contributed by atoms with Crippen LogP contribution in [0.2, 0.25) is 0 Å². The van der Waals surface area contributed by atoms with Crippen molar-refractivity contribution < 1.29 is 0 Å². The van der Waals surface area contributed by atoms with E-state index in [1.807, 2.05) is 18.7 Å². The fourth-order valence-electron chi connectivity index (χ4n) is 1.39. The molecule has 0 fully saturated rings. The lowest BCUT2D eigenvalue weighted by atomic mass is 10.1. The number of hydrogen-bond donors (Lipinski definition) is 1. The Kier molecular flexibility index (Phi) is 5.20. The van der Waals surface area contributed by atoms with E-state index in [2.05, 4.69) is 38.1 Å². The molecule has 0 aliphatic rings. The minimum Gasteiger partial charge on any atom is -0.324 e. The van der Waals surface area contributed by atoms with Gasteiger partial charge in [-0.1, -0.05) is 32.0 Å². The maximum absolute atomic E-state index is 5.93. The highest BCUT2D eigenvalue weighted by atomic mass is 32.2. The van der Waals surface area contributed by atoms with Crippen molar-refractivity contribution in [2.75, 3.05) is 5.75 Å². The zero-order chi connectivity index (χ0) is 11.3. The van der Waals surface area contributed by atoms with E-state index in [0.717, 1.165) is 5.92 Å². The third-order valence-corrected chi connectivity index (χ3v) is 3.48. The largest absolute Gasteiger partial charge is 0.324 e. The van der Waals surface area contributed by atoms with Gasteiger partial charge in [-0.15, -0.1) is 11.8 Å². The molecule has 0 aliphatic carbocycles. The molecular weight excluding hydrogens is 202 g/mol. The number of hydrogen-bond acceptors (Lipinski definition) is 2. The van der Waals surface area contributed by atoms with Crippen LogP contribution < -0.4 is 5.73 Å². The van der Waals surface area contributed by atoms with Crippen LogP contribution in [0.15, 0.2) is 29.2 Å². The van der Waals surface area contributed by atoms with Crippen LogP contribution in [-0.4, -0.2) is 5.75 Å². The second-order valence-corrected chi connectivity index (χ2v) is 5.49. The first-order valence-corrected chi connectivity index (χ1v) is 6.57. The van der Waals surface area contributed by atoms with Crippen LogP contribution in [0.4, 0.5) is 0 Å². The molecule has 0 saturated heterocycles. The van der Waals surface area contributed by atoms with Gasteiger partial charge in [-0.3, -0.25) is 0 Å². The van der Waals surface area contributed by atoms with Crippen molar-refractivity contribution in [1.29, 1.82) is 0 Å². The molecule has 1 rings (SSSR count). The summed E-state index contributed by atoms with van der Waals surface area (Å²) in [6.45, 7) is 6.57. The van der Waals surface area contributed by atoms with Crippen molar-refractivity contribution >= 4 is 11.8 Å². The number of rotatable bonds is 5. The Morgan fingerprint density at radius 3 is 2.47 bits per heavy atom. The van der Waals surface area contributed by atoms with E-state index >= 15 is 0 Å². The van der Waals surface area contributed by atoms with Gasteiger partial charge in [-0.2, -0.15) is 0 Å². The first-order chi connectivity index (χ1) is 7.11. The third kappa shape index (κ3) is 4.27. The van der Waals surface area contributed by atoms with Crippen LogP contribution in [0.1, 0.15) is 38.8 Å². The lowest BCUT2D eigenvalue weighted by molar-refractivity contribution is 0.632. The van der Waals surface area contributed by atoms with Gasteiger partial charge in [0, 0.05) is 10.9 Å². The minimum absolute atomic E-state index is 0.132. The number of benzene rings is 1. The number of nitrogens with two attached hydrogens (primary N) is 1. The third-order valence-electron chi connectivity index (χ3n) is 2.36. The van der Waals surface area contributed by atoms with Crippen LogP contribution >= 0.6 is 11.8 Å². The predicted molar refractivity (Wildman–Crippen MR) is 69.2 cm³/mol. The molecule has 0 radical (unpaired) electrons. The molecule has 1 aromatic carbocycles. The van der Waals surface area contributed by atoms with Crippen LogP contribution in [0.5, 0.6) is 0 Å². The van der Waals surface area contributed by atoms with Crippen LogP contribution in [-0.2, 0) is 0 Å². The summed E-state index contributed by atoms with van der Waals surface area (Å²) >= 11 is 1.92. The predicted octanol–water partition coefficient (Wildman–Crippen LogP) is 3.84. The molecule has 2 N–H and O–H groups in total. The highest BCUT2D eigenvalue weighted by Crippen LogP contribution is 2.27. The van der Waals surface area contributed by atoms with Crippen molar-refractivity contribution in [2.24, 2.45) is 11.7 Å². The zero-order valence-corrected chi connectivity index (χ0v) is 10.7. The number of thioether (sulfide) groups is 1. The van der Waals surface area contributed by atoms with Gasteiger partial charge in [0.25, 0.3) is 0 Å². The Morgan fingerprint density at radius 1 is 1.20 bits per heavy atom. The molecule has 0 aromatic heterocycles. The van der Waals surface area contributed by atoms with Gasteiger partial charge in [0.05, 0.1) is 0 Å². The summed E-state index contributed by atoms with van der Waals surface area (Å²) in [5, 5.41) is 0. The van der Waals surface area contributed by atoms with Gasteiger partial charge in [-0.05, 0) is 36.6 Å². The van der Waals surface area contributed by atoms with E-state index < -0.39 is 0 Å². The SMILES string of the molecule is CC(C)CCSc1ccccc1[C@H](C)N. The average molecular weight is 223 g/mol. The Bertz CT molecular complexity index is 294. The van der Waals surface area contributed by atoms with Gasteiger partial charge in [-0.25, -0.2) is 0 Å². The van der Waals surface area contributed by atoms with Gasteiger partial charge in [0.1, 0.15) is 0 Å². The fraction of sp³-hybridized carbons (Fsp3) is 0.538. The summed E-state index contributed by atoms with van der Waals surface area (Å²) in [4.78, 5) is 1.34. The molecule has 0 amide bonds. The highest BCUT2D eigenvalue weighted by Gasteiger charge is 2.06. The summed E-state index contributed by atoms with van der Waals surface area (Å²) in [7, 11) is 0. The molecule has 84 valence electrons. The molecule has 1 nitrogen and oxygen atoms in total. The molecule has 2 heteroatoms. The van der Waals surface area contributed by atoms with Gasteiger partial charge in [0.15, 0.2) is 0 Å². The van der Waals surface area contributed by atoms with Crippen molar-refractivity contribution in [3.63, 3.8) is 0 Å². The van der Waals surface area contributed by atoms with Crippen molar-refractivity contribution in [3.8, 4) is 0 Å². The molecule has 0 unspecified atom stereocenters. The molecule has 15 heavy (non-hydrogen) atoms. The second kappa shape index (κ2) is 6.19. The maximum atomic E-state index is 5.93. The normalized spacial score (nSPS) is 13.1. The fourth-order valence-corrected chi connectivity index (χ4v) is 2.80. The first kappa shape index (κ1) is 12.6. The molecule has 1 atom stereocenters. The Hall–Kier alpha value is -0.470. The van der Waals surface area contributed by atoms with Gasteiger partial charge in [0.2, 0.25) is 0 Å². The van der Waals surface area contributed by atoms with Gasteiger partial charge < -0.3 is 5.73 Å². The van der Waals surface area contributed by atoms with Crippen LogP contribution in [0.3, 0.4) is 0 Å². The molecule has 0 spiro atoms. The lowest BCUT2D eigenvalue weighted by Gasteiger charge is -2.12. The van der Waals surface area contributed by atoms with Crippen molar-refractivity contribution in [2.45, 2.75) is 38.1 Å². The van der Waals surface area contributed by atoms with E-state index in [1.165, 1.54) is 22.6 Å².